The summed E-state index contributed by atoms with van der Waals surface area (Å²) in [6.07, 6.45) is 0. The number of halogens is 1. The first-order valence-electron chi connectivity index (χ1n) is 4.18. The second-order valence-corrected chi connectivity index (χ2v) is 3.60. The van der Waals surface area contributed by atoms with Gasteiger partial charge >= 0.3 is 5.97 Å². The summed E-state index contributed by atoms with van der Waals surface area (Å²) in [5.41, 5.74) is 0. The van der Waals surface area contributed by atoms with Gasteiger partial charge in [0.15, 0.2) is 10.4 Å². The highest BCUT2D eigenvalue weighted by Crippen LogP contribution is 2.13. The number of methoxy groups -OCH3 is 1. The first kappa shape index (κ1) is 11.8. The highest BCUT2D eigenvalue weighted by molar-refractivity contribution is 9.10. The molecule has 0 fully saturated rings. The standard InChI is InChI=1S/C9H10BrNO4/c1-5(9(13)14-2)11-8(12)6-3-4-7(10)15-6/h3-5H,1-2H3,(H,11,12)/t5-/m1/s1. The van der Waals surface area contributed by atoms with Gasteiger partial charge in [0.2, 0.25) is 0 Å². The minimum atomic E-state index is -0.702. The number of esters is 1. The van der Waals surface area contributed by atoms with Gasteiger partial charge in [0.05, 0.1) is 7.11 Å². The van der Waals surface area contributed by atoms with Crippen molar-refractivity contribution in [3.8, 4) is 0 Å². The summed E-state index contributed by atoms with van der Waals surface area (Å²) in [5, 5.41) is 2.43. The molecule has 1 aromatic rings. The minimum absolute atomic E-state index is 0.137. The van der Waals surface area contributed by atoms with Gasteiger partial charge in [-0.1, -0.05) is 0 Å². The summed E-state index contributed by atoms with van der Waals surface area (Å²) in [6.45, 7) is 1.53. The van der Waals surface area contributed by atoms with Crippen LogP contribution in [0.4, 0.5) is 0 Å². The minimum Gasteiger partial charge on any atom is -0.467 e. The number of ether oxygens (including phenoxy) is 1. The van der Waals surface area contributed by atoms with Gasteiger partial charge in [0, 0.05) is 0 Å². The van der Waals surface area contributed by atoms with Gasteiger partial charge in [0.25, 0.3) is 5.91 Å². The molecule has 82 valence electrons. The molecule has 1 N–H and O–H groups in total. The third-order valence-electron chi connectivity index (χ3n) is 1.70. The molecule has 5 nitrogen and oxygen atoms in total. The number of hydrogen-bond acceptors (Lipinski definition) is 4. The molecule has 0 saturated carbocycles. The largest absolute Gasteiger partial charge is 0.467 e. The molecule has 1 amide bonds. The number of rotatable bonds is 3. The molecule has 0 aliphatic carbocycles. The average Bonchev–Trinajstić information content (AvgIpc) is 2.63. The predicted molar refractivity (Wildman–Crippen MR) is 55.4 cm³/mol. The van der Waals surface area contributed by atoms with Crippen LogP contribution in [0.5, 0.6) is 0 Å². The Bertz CT molecular complexity index is 374. The van der Waals surface area contributed by atoms with E-state index in [0.717, 1.165) is 0 Å². The van der Waals surface area contributed by atoms with Crippen molar-refractivity contribution in [2.24, 2.45) is 0 Å². The van der Waals surface area contributed by atoms with Gasteiger partial charge in [-0.15, -0.1) is 0 Å². The summed E-state index contributed by atoms with van der Waals surface area (Å²) in [4.78, 5) is 22.5. The number of carbonyl (C=O) groups excluding carboxylic acids is 2. The fourth-order valence-electron chi connectivity index (χ4n) is 0.940. The quantitative estimate of drug-likeness (QED) is 0.846. The van der Waals surface area contributed by atoms with E-state index in [9.17, 15) is 9.59 Å². The Kier molecular flexibility index (Phi) is 3.90. The van der Waals surface area contributed by atoms with Crippen LogP contribution in [0.2, 0.25) is 0 Å². The Labute approximate surface area is 94.9 Å². The van der Waals surface area contributed by atoms with Crippen LogP contribution < -0.4 is 5.32 Å². The monoisotopic (exact) mass is 275 g/mol. The summed E-state index contributed by atoms with van der Waals surface area (Å²) in [6, 6.07) is 2.40. The number of hydrogen-bond donors (Lipinski definition) is 1. The number of nitrogens with one attached hydrogen (secondary N) is 1. The summed E-state index contributed by atoms with van der Waals surface area (Å²) >= 11 is 3.07. The molecular weight excluding hydrogens is 266 g/mol. The van der Waals surface area contributed by atoms with E-state index in [4.69, 9.17) is 4.42 Å². The number of carbonyl (C=O) groups is 2. The maximum absolute atomic E-state index is 11.5. The second kappa shape index (κ2) is 4.97. The smallest absolute Gasteiger partial charge is 0.328 e. The third-order valence-corrected chi connectivity index (χ3v) is 2.13. The number of furan rings is 1. The molecule has 1 aromatic heterocycles. The van der Waals surface area contributed by atoms with Gasteiger partial charge in [0.1, 0.15) is 6.04 Å². The Hall–Kier alpha value is -1.30. The molecule has 6 heteroatoms. The van der Waals surface area contributed by atoms with Crippen LogP contribution in [0, 0.1) is 0 Å². The molecule has 0 aromatic carbocycles. The Balaban J connectivity index is 2.60. The fourth-order valence-corrected chi connectivity index (χ4v) is 1.25. The van der Waals surface area contributed by atoms with Crippen LogP contribution in [0.3, 0.4) is 0 Å². The maximum atomic E-state index is 11.5. The van der Waals surface area contributed by atoms with Crippen molar-refractivity contribution in [2.75, 3.05) is 7.11 Å². The molecule has 0 unspecified atom stereocenters. The Morgan fingerprint density at radius 1 is 1.53 bits per heavy atom. The third kappa shape index (κ3) is 3.09. The second-order valence-electron chi connectivity index (χ2n) is 2.82. The van der Waals surface area contributed by atoms with Crippen LogP contribution in [-0.2, 0) is 9.53 Å². The van der Waals surface area contributed by atoms with E-state index >= 15 is 0 Å². The summed E-state index contributed by atoms with van der Waals surface area (Å²) < 4.78 is 9.93. The summed E-state index contributed by atoms with van der Waals surface area (Å²) in [7, 11) is 1.26. The Morgan fingerprint density at radius 2 is 2.20 bits per heavy atom. The van der Waals surface area contributed by atoms with E-state index in [1.54, 1.807) is 6.07 Å². The predicted octanol–water partition coefficient (Wildman–Crippen LogP) is 1.33. The van der Waals surface area contributed by atoms with Crippen LogP contribution in [0.25, 0.3) is 0 Å². The van der Waals surface area contributed by atoms with Gasteiger partial charge in [-0.25, -0.2) is 4.79 Å². The zero-order valence-corrected chi connectivity index (χ0v) is 9.83. The highest BCUT2D eigenvalue weighted by Gasteiger charge is 2.18. The normalized spacial score (nSPS) is 11.9. The molecule has 1 rings (SSSR count). The first-order chi connectivity index (χ1) is 7.04. The van der Waals surface area contributed by atoms with Gasteiger partial charge < -0.3 is 14.5 Å². The molecule has 0 aliphatic heterocycles. The van der Waals surface area contributed by atoms with Crippen molar-refractivity contribution < 1.29 is 18.7 Å². The molecule has 1 atom stereocenters. The molecular formula is C9H10BrNO4. The van der Waals surface area contributed by atoms with Gasteiger partial charge in [-0.2, -0.15) is 0 Å². The van der Waals surface area contributed by atoms with Gasteiger partial charge in [-0.05, 0) is 35.0 Å². The molecule has 0 aliphatic rings. The van der Waals surface area contributed by atoms with E-state index in [-0.39, 0.29) is 5.76 Å². The lowest BCUT2D eigenvalue weighted by molar-refractivity contribution is -0.142. The van der Waals surface area contributed by atoms with E-state index in [2.05, 4.69) is 26.0 Å². The topological polar surface area (TPSA) is 68.5 Å². The summed E-state index contributed by atoms with van der Waals surface area (Å²) in [5.74, 6) is -0.829. The lowest BCUT2D eigenvalue weighted by Crippen LogP contribution is -2.38. The van der Waals surface area contributed by atoms with Crippen molar-refractivity contribution in [3.05, 3.63) is 22.6 Å². The number of amides is 1. The van der Waals surface area contributed by atoms with E-state index in [0.29, 0.717) is 4.67 Å². The Morgan fingerprint density at radius 3 is 2.67 bits per heavy atom. The maximum Gasteiger partial charge on any atom is 0.328 e. The molecule has 0 spiro atoms. The lowest BCUT2D eigenvalue weighted by atomic mass is 10.3. The van der Waals surface area contributed by atoms with Crippen LogP contribution in [0.15, 0.2) is 21.2 Å². The SMILES string of the molecule is COC(=O)[C@@H](C)NC(=O)c1ccc(Br)o1. The molecule has 15 heavy (non-hydrogen) atoms. The van der Waals surface area contributed by atoms with E-state index in [1.165, 1.54) is 20.1 Å². The zero-order chi connectivity index (χ0) is 11.4. The fraction of sp³-hybridized carbons (Fsp3) is 0.333. The van der Waals surface area contributed by atoms with Crippen molar-refractivity contribution in [2.45, 2.75) is 13.0 Å². The van der Waals surface area contributed by atoms with Crippen molar-refractivity contribution >= 4 is 27.8 Å². The van der Waals surface area contributed by atoms with E-state index < -0.39 is 17.9 Å². The highest BCUT2D eigenvalue weighted by atomic mass is 79.9. The van der Waals surface area contributed by atoms with E-state index in [1.807, 2.05) is 0 Å². The molecule has 0 bridgehead atoms. The van der Waals surface area contributed by atoms with Crippen molar-refractivity contribution in [1.29, 1.82) is 0 Å². The van der Waals surface area contributed by atoms with Crippen LogP contribution in [-0.4, -0.2) is 25.0 Å². The molecule has 0 saturated heterocycles. The van der Waals surface area contributed by atoms with Gasteiger partial charge in [-0.3, -0.25) is 4.79 Å². The average molecular weight is 276 g/mol. The zero-order valence-electron chi connectivity index (χ0n) is 8.24. The lowest BCUT2D eigenvalue weighted by Gasteiger charge is -2.09. The van der Waals surface area contributed by atoms with Crippen molar-refractivity contribution in [1.82, 2.24) is 5.32 Å². The molecule has 1 heterocycles. The molecule has 0 radical (unpaired) electrons. The van der Waals surface area contributed by atoms with Crippen molar-refractivity contribution in [3.63, 3.8) is 0 Å². The first-order valence-corrected chi connectivity index (χ1v) is 4.98. The van der Waals surface area contributed by atoms with Crippen LogP contribution >= 0.6 is 15.9 Å². The van der Waals surface area contributed by atoms with Crippen LogP contribution in [0.1, 0.15) is 17.5 Å².